The molecule has 0 unspecified atom stereocenters. The van der Waals surface area contributed by atoms with E-state index >= 15 is 0 Å². The van der Waals surface area contributed by atoms with Gasteiger partial charge in [0.15, 0.2) is 9.90 Å². The molecule has 1 fully saturated rings. The van der Waals surface area contributed by atoms with Crippen molar-refractivity contribution in [2.75, 3.05) is 12.8 Å². The van der Waals surface area contributed by atoms with Crippen molar-refractivity contribution >= 4 is 39.1 Å². The third kappa shape index (κ3) is 3.77. The second kappa shape index (κ2) is 6.64. The smallest absolute Gasteiger partial charge is 0.356 e. The van der Waals surface area contributed by atoms with Gasteiger partial charge in [-0.1, -0.05) is 19.3 Å². The summed E-state index contributed by atoms with van der Waals surface area (Å²) in [5.41, 5.74) is 0.831. The fourth-order valence-electron chi connectivity index (χ4n) is 2.51. The molecule has 21 heavy (non-hydrogen) atoms. The van der Waals surface area contributed by atoms with Crippen molar-refractivity contribution in [2.45, 2.75) is 41.1 Å². The molecule has 0 bridgehead atoms. The fraction of sp³-hybridized carbons (Fsp3) is 0.667. The van der Waals surface area contributed by atoms with Crippen molar-refractivity contribution in [3.63, 3.8) is 0 Å². The van der Waals surface area contributed by atoms with E-state index in [1.165, 1.54) is 11.9 Å². The summed E-state index contributed by atoms with van der Waals surface area (Å²) in [6.45, 7) is 0.327. The molecule has 118 valence electrons. The highest BCUT2D eigenvalue weighted by molar-refractivity contribution is 8.00. The molecule has 0 aromatic carbocycles. The lowest BCUT2D eigenvalue weighted by Crippen LogP contribution is -2.41. The van der Waals surface area contributed by atoms with Crippen molar-refractivity contribution in [3.05, 3.63) is 11.2 Å². The van der Waals surface area contributed by atoms with Gasteiger partial charge in [-0.3, -0.25) is 0 Å². The highest BCUT2D eigenvalue weighted by Gasteiger charge is 2.34. The predicted octanol–water partition coefficient (Wildman–Crippen LogP) is 2.19. The SMILES string of the molecule is CSC1(CNS(=O)(=O)c2scnc2C(=O)O)CCCCC1. The third-order valence-corrected chi connectivity index (χ3v) is 7.95. The summed E-state index contributed by atoms with van der Waals surface area (Å²) < 4.78 is 26.9. The lowest BCUT2D eigenvalue weighted by atomic mass is 9.88. The Balaban J connectivity index is 2.14. The Morgan fingerprint density at radius 1 is 1.48 bits per heavy atom. The zero-order valence-electron chi connectivity index (χ0n) is 11.7. The number of aromatic carboxylic acids is 1. The van der Waals surface area contributed by atoms with Gasteiger partial charge in [-0.2, -0.15) is 11.8 Å². The van der Waals surface area contributed by atoms with Crippen LogP contribution in [0.25, 0.3) is 0 Å². The number of rotatable bonds is 6. The number of thiazole rings is 1. The summed E-state index contributed by atoms with van der Waals surface area (Å²) in [7, 11) is -3.83. The number of sulfonamides is 1. The number of hydrogen-bond donors (Lipinski definition) is 2. The second-order valence-corrected chi connectivity index (χ2v) is 9.16. The average molecular weight is 350 g/mol. The van der Waals surface area contributed by atoms with Crippen LogP contribution in [-0.4, -0.2) is 42.0 Å². The zero-order chi connectivity index (χ0) is 15.5. The van der Waals surface area contributed by atoms with Crippen LogP contribution in [0.3, 0.4) is 0 Å². The first-order valence-corrected chi connectivity index (χ1v) is 10.2. The van der Waals surface area contributed by atoms with E-state index in [4.69, 9.17) is 5.11 Å². The van der Waals surface area contributed by atoms with Crippen LogP contribution >= 0.6 is 23.1 Å². The molecule has 0 saturated heterocycles. The fourth-order valence-corrected chi connectivity index (χ4v) is 5.82. The van der Waals surface area contributed by atoms with Gasteiger partial charge in [0.2, 0.25) is 0 Å². The Kier molecular flexibility index (Phi) is 5.29. The highest BCUT2D eigenvalue weighted by atomic mass is 32.2. The van der Waals surface area contributed by atoms with Gasteiger partial charge in [0.1, 0.15) is 0 Å². The maximum Gasteiger partial charge on any atom is 0.356 e. The quantitative estimate of drug-likeness (QED) is 0.816. The summed E-state index contributed by atoms with van der Waals surface area (Å²) in [5.74, 6) is -1.33. The molecule has 6 nitrogen and oxygen atoms in total. The number of nitrogens with zero attached hydrogens (tertiary/aromatic N) is 1. The number of thioether (sulfide) groups is 1. The Labute approximate surface area is 132 Å². The van der Waals surface area contributed by atoms with Gasteiger partial charge in [-0.15, -0.1) is 11.3 Å². The summed E-state index contributed by atoms with van der Waals surface area (Å²) >= 11 is 2.51. The molecular weight excluding hydrogens is 332 g/mol. The molecule has 1 aliphatic carbocycles. The van der Waals surface area contributed by atoms with Crippen LogP contribution in [0.5, 0.6) is 0 Å². The van der Waals surface area contributed by atoms with Crippen LogP contribution in [0.2, 0.25) is 0 Å². The number of carboxylic acid groups (broad SMARTS) is 1. The van der Waals surface area contributed by atoms with E-state index < -0.39 is 21.7 Å². The van der Waals surface area contributed by atoms with Crippen molar-refractivity contribution in [1.29, 1.82) is 0 Å². The molecule has 1 aromatic heterocycles. The molecule has 2 N–H and O–H groups in total. The Bertz CT molecular complexity index is 606. The summed E-state index contributed by atoms with van der Waals surface area (Å²) in [6.07, 6.45) is 7.34. The molecule has 0 atom stereocenters. The molecular formula is C12H18N2O4S3. The van der Waals surface area contributed by atoms with E-state index in [2.05, 4.69) is 9.71 Å². The lowest BCUT2D eigenvalue weighted by Gasteiger charge is -2.35. The first-order chi connectivity index (χ1) is 9.90. The van der Waals surface area contributed by atoms with E-state index in [0.717, 1.165) is 37.0 Å². The van der Waals surface area contributed by atoms with Crippen LogP contribution in [0.15, 0.2) is 9.72 Å². The Hall–Kier alpha value is -0.640. The van der Waals surface area contributed by atoms with Gasteiger partial charge >= 0.3 is 5.97 Å². The van der Waals surface area contributed by atoms with E-state index in [1.54, 1.807) is 11.8 Å². The van der Waals surface area contributed by atoms with Crippen molar-refractivity contribution in [2.24, 2.45) is 0 Å². The molecule has 9 heteroatoms. The Morgan fingerprint density at radius 3 is 2.71 bits per heavy atom. The van der Waals surface area contributed by atoms with E-state index in [0.29, 0.717) is 6.54 Å². The van der Waals surface area contributed by atoms with Gasteiger partial charge in [-0.25, -0.2) is 22.9 Å². The van der Waals surface area contributed by atoms with Gasteiger partial charge in [-0.05, 0) is 19.1 Å². The lowest BCUT2D eigenvalue weighted by molar-refractivity contribution is 0.0687. The minimum Gasteiger partial charge on any atom is -0.476 e. The summed E-state index contributed by atoms with van der Waals surface area (Å²) in [5, 5.41) is 8.98. The van der Waals surface area contributed by atoms with Crippen molar-refractivity contribution in [3.8, 4) is 0 Å². The van der Waals surface area contributed by atoms with Crippen LogP contribution in [0, 0.1) is 0 Å². The van der Waals surface area contributed by atoms with Crippen LogP contribution in [0.4, 0.5) is 0 Å². The molecule has 1 aliphatic rings. The molecule has 0 radical (unpaired) electrons. The standard InChI is InChI=1S/C12H18N2O4S3/c1-19-12(5-3-2-4-6-12)7-14-21(17,18)11-9(10(15)16)13-8-20-11/h8,14H,2-7H2,1H3,(H,15,16). The molecule has 0 spiro atoms. The maximum atomic E-state index is 12.3. The van der Waals surface area contributed by atoms with Gasteiger partial charge in [0, 0.05) is 11.3 Å². The minimum absolute atomic E-state index is 0.0839. The molecule has 1 heterocycles. The molecule has 0 aliphatic heterocycles. The van der Waals surface area contributed by atoms with E-state index in [9.17, 15) is 13.2 Å². The number of aromatic nitrogens is 1. The van der Waals surface area contributed by atoms with Gasteiger partial charge < -0.3 is 5.11 Å². The van der Waals surface area contributed by atoms with E-state index in [1.807, 2.05) is 6.26 Å². The molecule has 2 rings (SSSR count). The average Bonchev–Trinajstić information content (AvgIpc) is 2.97. The first kappa shape index (κ1) is 16.7. The predicted molar refractivity (Wildman–Crippen MR) is 83.6 cm³/mol. The first-order valence-electron chi connectivity index (χ1n) is 6.62. The molecule has 1 aromatic rings. The minimum atomic E-state index is -3.83. The van der Waals surface area contributed by atoms with Crippen molar-refractivity contribution < 1.29 is 18.3 Å². The summed E-state index contributed by atoms with van der Waals surface area (Å²) in [4.78, 5) is 14.6. The number of hydrogen-bond acceptors (Lipinski definition) is 6. The maximum absolute atomic E-state index is 12.3. The Morgan fingerprint density at radius 2 is 2.14 bits per heavy atom. The number of nitrogens with one attached hydrogen (secondary N) is 1. The molecule has 1 saturated carbocycles. The van der Waals surface area contributed by atoms with E-state index in [-0.39, 0.29) is 8.96 Å². The number of carboxylic acids is 1. The van der Waals surface area contributed by atoms with Gasteiger partial charge in [0.25, 0.3) is 10.0 Å². The van der Waals surface area contributed by atoms with Crippen LogP contribution in [-0.2, 0) is 10.0 Å². The van der Waals surface area contributed by atoms with Gasteiger partial charge in [0.05, 0.1) is 5.51 Å². The topological polar surface area (TPSA) is 96.4 Å². The highest BCUT2D eigenvalue weighted by Crippen LogP contribution is 2.38. The summed E-state index contributed by atoms with van der Waals surface area (Å²) in [6, 6.07) is 0. The number of carbonyl (C=O) groups is 1. The van der Waals surface area contributed by atoms with Crippen molar-refractivity contribution in [1.82, 2.24) is 9.71 Å². The normalized spacial score (nSPS) is 18.5. The van der Waals surface area contributed by atoms with Crippen LogP contribution < -0.4 is 4.72 Å². The van der Waals surface area contributed by atoms with Crippen LogP contribution in [0.1, 0.15) is 42.6 Å². The molecule has 0 amide bonds. The largest absolute Gasteiger partial charge is 0.476 e. The third-order valence-electron chi connectivity index (χ3n) is 3.76. The monoisotopic (exact) mass is 350 g/mol. The second-order valence-electron chi connectivity index (χ2n) is 5.07. The zero-order valence-corrected chi connectivity index (χ0v) is 14.1.